The minimum absolute atomic E-state index is 0.345. The molecule has 0 amide bonds. The Balaban J connectivity index is 1.38. The fraction of sp³-hybridized carbons (Fsp3) is 0.583. The van der Waals surface area contributed by atoms with E-state index < -0.39 is 0 Å². The second-order valence-corrected chi connectivity index (χ2v) is 9.41. The molecule has 0 radical (unpaired) electrons. The van der Waals surface area contributed by atoms with Crippen molar-refractivity contribution in [2.45, 2.75) is 38.9 Å². The summed E-state index contributed by atoms with van der Waals surface area (Å²) in [6, 6.07) is 7.37. The zero-order valence-electron chi connectivity index (χ0n) is 18.5. The Morgan fingerprint density at radius 3 is 2.73 bits per heavy atom. The van der Waals surface area contributed by atoms with Crippen LogP contribution in [0.25, 0.3) is 11.0 Å². The summed E-state index contributed by atoms with van der Waals surface area (Å²) in [6.45, 7) is 11.0. The van der Waals surface area contributed by atoms with Crippen LogP contribution in [0.5, 0.6) is 0 Å². The second kappa shape index (κ2) is 8.16. The molecule has 0 spiro atoms. The number of anilines is 1. The molecule has 0 bridgehead atoms. The molecule has 5 rings (SSSR count). The SMILES string of the molecule is CC1C=CC=NC1[C@H]1[C@H](C)CCN1Cc1nc2c(N3CCN(C)CC3)cccc2[nH]1. The van der Waals surface area contributed by atoms with E-state index >= 15 is 0 Å². The summed E-state index contributed by atoms with van der Waals surface area (Å²) in [5, 5.41) is 0. The van der Waals surface area contributed by atoms with Gasteiger partial charge in [-0.1, -0.05) is 26.0 Å². The van der Waals surface area contributed by atoms with E-state index in [9.17, 15) is 0 Å². The van der Waals surface area contributed by atoms with Crippen LogP contribution in [0, 0.1) is 11.8 Å². The molecule has 4 heterocycles. The molecule has 2 saturated heterocycles. The third kappa shape index (κ3) is 3.67. The van der Waals surface area contributed by atoms with Crippen LogP contribution in [-0.4, -0.2) is 77.8 Å². The fourth-order valence-corrected chi connectivity index (χ4v) is 5.45. The highest BCUT2D eigenvalue weighted by molar-refractivity contribution is 5.89. The summed E-state index contributed by atoms with van der Waals surface area (Å²) in [6.07, 6.45) is 7.60. The predicted molar refractivity (Wildman–Crippen MR) is 124 cm³/mol. The van der Waals surface area contributed by atoms with E-state index in [4.69, 9.17) is 9.98 Å². The molecule has 1 aromatic heterocycles. The van der Waals surface area contributed by atoms with Gasteiger partial charge in [-0.2, -0.15) is 0 Å². The van der Waals surface area contributed by atoms with E-state index in [0.717, 1.165) is 56.1 Å². The zero-order valence-corrected chi connectivity index (χ0v) is 18.5. The molecule has 6 heteroatoms. The van der Waals surface area contributed by atoms with Gasteiger partial charge in [-0.25, -0.2) is 4.98 Å². The number of nitrogens with zero attached hydrogens (tertiary/aromatic N) is 5. The number of H-pyrrole nitrogens is 1. The number of hydrogen-bond acceptors (Lipinski definition) is 5. The maximum absolute atomic E-state index is 5.09. The Bertz CT molecular complexity index is 938. The standard InChI is InChI=1S/C24H34N6/c1-17-6-5-10-25-22(17)24-18(2)9-11-30(24)16-21-26-19-7-4-8-20(23(19)27-21)29-14-12-28(3)13-15-29/h4-8,10,17-18,22,24H,9,11-16H2,1-3H3,(H,26,27)/t17?,18-,22?,24-/m1/s1. The van der Waals surface area contributed by atoms with Crippen molar-refractivity contribution in [2.24, 2.45) is 16.8 Å². The molecule has 2 unspecified atom stereocenters. The number of para-hydroxylation sites is 1. The van der Waals surface area contributed by atoms with Crippen LogP contribution in [0.2, 0.25) is 0 Å². The maximum Gasteiger partial charge on any atom is 0.121 e. The predicted octanol–water partition coefficient (Wildman–Crippen LogP) is 3.17. The number of hydrogen-bond donors (Lipinski definition) is 1. The first kappa shape index (κ1) is 19.8. The van der Waals surface area contributed by atoms with Crippen LogP contribution >= 0.6 is 0 Å². The fourth-order valence-electron chi connectivity index (χ4n) is 5.45. The van der Waals surface area contributed by atoms with Gasteiger partial charge in [0.15, 0.2) is 0 Å². The van der Waals surface area contributed by atoms with Crippen LogP contribution in [-0.2, 0) is 6.54 Å². The van der Waals surface area contributed by atoms with Crippen molar-refractivity contribution in [3.05, 3.63) is 36.2 Å². The molecular weight excluding hydrogens is 372 g/mol. The van der Waals surface area contributed by atoms with Gasteiger partial charge in [-0.05, 0) is 50.1 Å². The number of imidazole rings is 1. The molecule has 30 heavy (non-hydrogen) atoms. The number of aromatic amines is 1. The highest BCUT2D eigenvalue weighted by Gasteiger charge is 2.39. The van der Waals surface area contributed by atoms with Gasteiger partial charge >= 0.3 is 0 Å². The molecule has 1 N–H and O–H groups in total. The van der Waals surface area contributed by atoms with Crippen molar-refractivity contribution in [2.75, 3.05) is 44.7 Å². The topological polar surface area (TPSA) is 50.8 Å². The van der Waals surface area contributed by atoms with E-state index in [1.165, 1.54) is 12.1 Å². The van der Waals surface area contributed by atoms with E-state index in [1.54, 1.807) is 0 Å². The van der Waals surface area contributed by atoms with Crippen molar-refractivity contribution in [1.82, 2.24) is 19.8 Å². The van der Waals surface area contributed by atoms with Crippen LogP contribution < -0.4 is 4.90 Å². The Hall–Kier alpha value is -2.18. The largest absolute Gasteiger partial charge is 0.367 e. The molecule has 2 fully saturated rings. The quantitative estimate of drug-likeness (QED) is 0.847. The van der Waals surface area contributed by atoms with E-state index in [1.807, 2.05) is 6.21 Å². The lowest BCUT2D eigenvalue weighted by molar-refractivity contribution is 0.173. The lowest BCUT2D eigenvalue weighted by Crippen LogP contribution is -2.44. The Labute approximate surface area is 179 Å². The molecule has 160 valence electrons. The molecule has 0 aliphatic carbocycles. The van der Waals surface area contributed by atoms with Crippen LogP contribution in [0.4, 0.5) is 5.69 Å². The summed E-state index contributed by atoms with van der Waals surface area (Å²) in [4.78, 5) is 21.1. The number of fused-ring (bicyclic) bond motifs is 1. The molecule has 2 aromatic rings. The van der Waals surface area contributed by atoms with Crippen molar-refractivity contribution in [1.29, 1.82) is 0 Å². The first-order valence-corrected chi connectivity index (χ1v) is 11.5. The van der Waals surface area contributed by atoms with Gasteiger partial charge in [0.2, 0.25) is 0 Å². The number of benzene rings is 1. The lowest BCUT2D eigenvalue weighted by Gasteiger charge is -2.34. The van der Waals surface area contributed by atoms with Gasteiger partial charge in [-0.15, -0.1) is 0 Å². The summed E-state index contributed by atoms with van der Waals surface area (Å²) in [5.41, 5.74) is 3.54. The van der Waals surface area contributed by atoms with Crippen LogP contribution in [0.1, 0.15) is 26.1 Å². The van der Waals surface area contributed by atoms with Crippen LogP contribution in [0.3, 0.4) is 0 Å². The number of rotatable bonds is 4. The average molecular weight is 407 g/mol. The molecule has 4 atom stereocenters. The van der Waals surface area contributed by atoms with Gasteiger partial charge in [-0.3, -0.25) is 9.89 Å². The van der Waals surface area contributed by atoms with E-state index in [0.29, 0.717) is 23.9 Å². The van der Waals surface area contributed by atoms with Gasteiger partial charge in [0.1, 0.15) is 11.3 Å². The normalized spacial score (nSPS) is 30.6. The number of nitrogens with one attached hydrogen (secondary N) is 1. The Morgan fingerprint density at radius 2 is 1.93 bits per heavy atom. The van der Waals surface area contributed by atoms with Crippen molar-refractivity contribution in [3.8, 4) is 0 Å². The lowest BCUT2D eigenvalue weighted by atomic mass is 9.87. The summed E-state index contributed by atoms with van der Waals surface area (Å²) < 4.78 is 0. The summed E-state index contributed by atoms with van der Waals surface area (Å²) in [7, 11) is 2.20. The number of aromatic nitrogens is 2. The van der Waals surface area contributed by atoms with E-state index in [2.05, 4.69) is 70.9 Å². The van der Waals surface area contributed by atoms with Crippen molar-refractivity contribution in [3.63, 3.8) is 0 Å². The summed E-state index contributed by atoms with van der Waals surface area (Å²) >= 11 is 0. The van der Waals surface area contributed by atoms with Gasteiger partial charge < -0.3 is 14.8 Å². The van der Waals surface area contributed by atoms with Gasteiger partial charge in [0, 0.05) is 38.4 Å². The monoisotopic (exact) mass is 406 g/mol. The first-order chi connectivity index (χ1) is 14.6. The molecule has 1 aromatic carbocycles. The smallest absolute Gasteiger partial charge is 0.121 e. The summed E-state index contributed by atoms with van der Waals surface area (Å²) in [5.74, 6) is 2.22. The van der Waals surface area contributed by atoms with Gasteiger partial charge in [0.25, 0.3) is 0 Å². The molecule has 3 aliphatic heterocycles. The van der Waals surface area contributed by atoms with E-state index in [-0.39, 0.29) is 0 Å². The number of aliphatic imine (C=N–C) groups is 1. The number of likely N-dealkylation sites (tertiary alicyclic amines) is 1. The number of dihydropyridines is 1. The Kier molecular flexibility index (Phi) is 5.37. The number of likely N-dealkylation sites (N-methyl/N-ethyl adjacent to an activating group) is 1. The van der Waals surface area contributed by atoms with Crippen molar-refractivity contribution < 1.29 is 0 Å². The third-order valence-electron chi connectivity index (χ3n) is 7.26. The van der Waals surface area contributed by atoms with Crippen molar-refractivity contribution >= 4 is 22.9 Å². The zero-order chi connectivity index (χ0) is 20.7. The second-order valence-electron chi connectivity index (χ2n) is 9.41. The molecule has 6 nitrogen and oxygen atoms in total. The first-order valence-electron chi connectivity index (χ1n) is 11.5. The van der Waals surface area contributed by atoms with Gasteiger partial charge in [0.05, 0.1) is 23.8 Å². The van der Waals surface area contributed by atoms with Crippen LogP contribution in [0.15, 0.2) is 35.3 Å². The highest BCUT2D eigenvalue weighted by atomic mass is 15.3. The number of piperazine rings is 1. The minimum atomic E-state index is 0.345. The average Bonchev–Trinajstić information content (AvgIpc) is 3.32. The number of allylic oxidation sites excluding steroid dienone is 1. The molecule has 0 saturated carbocycles. The minimum Gasteiger partial charge on any atom is -0.367 e. The Morgan fingerprint density at radius 1 is 1.10 bits per heavy atom. The highest BCUT2D eigenvalue weighted by Crippen LogP contribution is 2.34. The molecule has 3 aliphatic rings. The third-order valence-corrected chi connectivity index (χ3v) is 7.26. The maximum atomic E-state index is 5.09. The molecular formula is C24H34N6.